The van der Waals surface area contributed by atoms with Crippen LogP contribution in [0.2, 0.25) is 5.02 Å². The Bertz CT molecular complexity index is 1430. The normalized spacial score (nSPS) is 10.6. The van der Waals surface area contributed by atoms with Crippen molar-refractivity contribution >= 4 is 41.2 Å². The molecule has 3 N–H and O–H groups in total. The van der Waals surface area contributed by atoms with Crippen LogP contribution in [0.3, 0.4) is 0 Å². The third-order valence-electron chi connectivity index (χ3n) is 5.74. The van der Waals surface area contributed by atoms with E-state index in [-0.39, 0.29) is 19.1 Å². The quantitative estimate of drug-likeness (QED) is 0.169. The van der Waals surface area contributed by atoms with Crippen molar-refractivity contribution < 1.29 is 33.3 Å². The standard InChI is InChI=1S/C29H31ClN4O7/c1-18-5-8-21(15-22(18)30)33-27(35)17-41-24-10-7-20(14-26(24)40-4)16-32-34-29(37)28(36)31-12-11-19-6-9-23(38-2)25(13-19)39-3/h5-10,13-16H,11-12,17H2,1-4H3,(H,31,36)(H,33,35)(H,34,37)/b32-16-. The number of hydrogen-bond donors (Lipinski definition) is 3. The molecule has 0 fully saturated rings. The number of halogens is 1. The Morgan fingerprint density at radius 3 is 2.27 bits per heavy atom. The van der Waals surface area contributed by atoms with Gasteiger partial charge in [0.1, 0.15) is 0 Å². The Labute approximate surface area is 242 Å². The summed E-state index contributed by atoms with van der Waals surface area (Å²) < 4.78 is 21.4. The highest BCUT2D eigenvalue weighted by Crippen LogP contribution is 2.28. The number of aryl methyl sites for hydroxylation is 1. The lowest BCUT2D eigenvalue weighted by Crippen LogP contribution is -2.38. The minimum Gasteiger partial charge on any atom is -0.493 e. The zero-order chi connectivity index (χ0) is 29.8. The van der Waals surface area contributed by atoms with E-state index in [4.69, 9.17) is 30.5 Å². The van der Waals surface area contributed by atoms with Crippen molar-refractivity contribution in [2.75, 3.05) is 39.8 Å². The average molecular weight is 583 g/mol. The molecule has 216 valence electrons. The van der Waals surface area contributed by atoms with Gasteiger partial charge < -0.3 is 29.6 Å². The lowest BCUT2D eigenvalue weighted by molar-refractivity contribution is -0.139. The molecule has 0 atom stereocenters. The maximum atomic E-state index is 12.3. The molecule has 0 saturated heterocycles. The number of hydrogen-bond acceptors (Lipinski definition) is 8. The zero-order valence-electron chi connectivity index (χ0n) is 23.1. The smallest absolute Gasteiger partial charge is 0.329 e. The molecule has 0 saturated carbocycles. The lowest BCUT2D eigenvalue weighted by atomic mass is 10.1. The van der Waals surface area contributed by atoms with Crippen LogP contribution in [-0.2, 0) is 20.8 Å². The SMILES string of the molecule is COc1ccc(CCNC(=O)C(=O)N/N=C\c2ccc(OCC(=O)Nc3ccc(C)c(Cl)c3)c(OC)c2)cc1OC. The predicted molar refractivity (Wildman–Crippen MR) is 155 cm³/mol. The highest BCUT2D eigenvalue weighted by atomic mass is 35.5. The predicted octanol–water partition coefficient (Wildman–Crippen LogP) is 3.50. The molecule has 3 aromatic rings. The summed E-state index contributed by atoms with van der Waals surface area (Å²) in [6.07, 6.45) is 1.83. The first kappa shape index (κ1) is 30.8. The van der Waals surface area contributed by atoms with E-state index in [1.54, 1.807) is 62.8 Å². The van der Waals surface area contributed by atoms with Crippen LogP contribution in [0.1, 0.15) is 16.7 Å². The number of rotatable bonds is 12. The van der Waals surface area contributed by atoms with E-state index in [0.29, 0.717) is 45.7 Å². The first-order chi connectivity index (χ1) is 19.7. The molecule has 0 aliphatic rings. The van der Waals surface area contributed by atoms with Gasteiger partial charge in [0.05, 0.1) is 27.5 Å². The number of methoxy groups -OCH3 is 3. The van der Waals surface area contributed by atoms with Crippen molar-refractivity contribution in [1.29, 1.82) is 0 Å². The third-order valence-corrected chi connectivity index (χ3v) is 6.14. The molecule has 0 spiro atoms. The van der Waals surface area contributed by atoms with Crippen molar-refractivity contribution in [2.24, 2.45) is 5.10 Å². The van der Waals surface area contributed by atoms with Crippen LogP contribution in [0, 0.1) is 6.92 Å². The second-order valence-electron chi connectivity index (χ2n) is 8.61. The van der Waals surface area contributed by atoms with Crippen LogP contribution in [0.15, 0.2) is 59.7 Å². The largest absolute Gasteiger partial charge is 0.493 e. The summed E-state index contributed by atoms with van der Waals surface area (Å²) in [4.78, 5) is 36.5. The van der Waals surface area contributed by atoms with Crippen molar-refractivity contribution in [2.45, 2.75) is 13.3 Å². The Hall–Kier alpha value is -4.77. The van der Waals surface area contributed by atoms with Crippen LogP contribution in [0.5, 0.6) is 23.0 Å². The van der Waals surface area contributed by atoms with Gasteiger partial charge in [-0.2, -0.15) is 5.10 Å². The van der Waals surface area contributed by atoms with Crippen molar-refractivity contribution in [3.05, 3.63) is 76.3 Å². The molecule has 0 unspecified atom stereocenters. The van der Waals surface area contributed by atoms with E-state index in [1.807, 2.05) is 13.0 Å². The van der Waals surface area contributed by atoms with Crippen molar-refractivity contribution in [3.63, 3.8) is 0 Å². The van der Waals surface area contributed by atoms with Crippen LogP contribution < -0.4 is 35.0 Å². The summed E-state index contributed by atoms with van der Waals surface area (Å²) in [5, 5.41) is 9.63. The maximum absolute atomic E-state index is 12.3. The number of carbonyl (C=O) groups excluding carboxylic acids is 3. The lowest BCUT2D eigenvalue weighted by Gasteiger charge is -2.12. The maximum Gasteiger partial charge on any atom is 0.329 e. The molecule has 0 radical (unpaired) electrons. The summed E-state index contributed by atoms with van der Waals surface area (Å²) in [7, 11) is 4.54. The van der Waals surface area contributed by atoms with Gasteiger partial charge >= 0.3 is 11.8 Å². The van der Waals surface area contributed by atoms with Crippen molar-refractivity contribution in [3.8, 4) is 23.0 Å². The van der Waals surface area contributed by atoms with Gasteiger partial charge in [-0.25, -0.2) is 5.43 Å². The Kier molecular flexibility index (Phi) is 11.4. The first-order valence-electron chi connectivity index (χ1n) is 12.4. The highest BCUT2D eigenvalue weighted by Gasteiger charge is 2.13. The van der Waals surface area contributed by atoms with E-state index in [9.17, 15) is 14.4 Å². The second kappa shape index (κ2) is 15.1. The topological polar surface area (TPSA) is 137 Å². The van der Waals surface area contributed by atoms with Crippen LogP contribution in [-0.4, -0.2) is 58.4 Å². The average Bonchev–Trinajstić information content (AvgIpc) is 2.97. The van der Waals surface area contributed by atoms with Gasteiger partial charge in [0.2, 0.25) is 0 Å². The molecule has 3 amide bonds. The minimum absolute atomic E-state index is 0.237. The summed E-state index contributed by atoms with van der Waals surface area (Å²) in [5.74, 6) is -0.253. The fourth-order valence-corrected chi connectivity index (χ4v) is 3.73. The zero-order valence-corrected chi connectivity index (χ0v) is 23.8. The summed E-state index contributed by atoms with van der Waals surface area (Å²) in [6, 6.07) is 15.5. The van der Waals surface area contributed by atoms with Crippen LogP contribution in [0.4, 0.5) is 5.69 Å². The highest BCUT2D eigenvalue weighted by molar-refractivity contribution is 6.35. The number of carbonyl (C=O) groups is 3. The van der Waals surface area contributed by atoms with Gasteiger partial charge in [-0.3, -0.25) is 14.4 Å². The number of benzene rings is 3. The number of nitrogens with one attached hydrogen (secondary N) is 3. The van der Waals surface area contributed by atoms with Gasteiger partial charge in [-0.15, -0.1) is 0 Å². The number of anilines is 1. The van der Waals surface area contributed by atoms with Gasteiger partial charge in [0, 0.05) is 17.3 Å². The molecule has 12 heteroatoms. The molecule has 3 rings (SSSR count). The molecule has 0 aliphatic carbocycles. The van der Waals surface area contributed by atoms with Crippen LogP contribution >= 0.6 is 11.6 Å². The molecule has 0 bridgehead atoms. The van der Waals surface area contributed by atoms with Crippen molar-refractivity contribution in [1.82, 2.24) is 10.7 Å². The molecule has 3 aromatic carbocycles. The molecule has 11 nitrogen and oxygen atoms in total. The van der Waals surface area contributed by atoms with Gasteiger partial charge in [0.15, 0.2) is 29.6 Å². The van der Waals surface area contributed by atoms with E-state index in [1.165, 1.54) is 13.3 Å². The Balaban J connectivity index is 1.46. The molecule has 41 heavy (non-hydrogen) atoms. The second-order valence-corrected chi connectivity index (χ2v) is 9.01. The van der Waals surface area contributed by atoms with Crippen LogP contribution in [0.25, 0.3) is 0 Å². The van der Waals surface area contributed by atoms with Gasteiger partial charge in [-0.05, 0) is 72.5 Å². The van der Waals surface area contributed by atoms with E-state index in [0.717, 1.165) is 11.1 Å². The first-order valence-corrected chi connectivity index (χ1v) is 12.8. The summed E-state index contributed by atoms with van der Waals surface area (Å²) in [6.45, 7) is 1.85. The number of amides is 3. The fourth-order valence-electron chi connectivity index (χ4n) is 3.55. The fraction of sp³-hybridized carbons (Fsp3) is 0.241. The number of nitrogens with zero attached hydrogens (tertiary/aromatic N) is 1. The molecule has 0 aliphatic heterocycles. The monoisotopic (exact) mass is 582 g/mol. The number of hydrazone groups is 1. The van der Waals surface area contributed by atoms with Gasteiger partial charge in [-0.1, -0.05) is 23.7 Å². The number of ether oxygens (including phenoxy) is 4. The summed E-state index contributed by atoms with van der Waals surface area (Å²) >= 11 is 6.09. The Morgan fingerprint density at radius 1 is 0.854 bits per heavy atom. The molecule has 0 heterocycles. The Morgan fingerprint density at radius 2 is 1.56 bits per heavy atom. The van der Waals surface area contributed by atoms with E-state index in [2.05, 4.69) is 21.2 Å². The molecular formula is C29H31ClN4O7. The summed E-state index contributed by atoms with van der Waals surface area (Å²) in [5.41, 5.74) is 5.10. The molecular weight excluding hydrogens is 552 g/mol. The van der Waals surface area contributed by atoms with E-state index >= 15 is 0 Å². The van der Waals surface area contributed by atoms with Gasteiger partial charge in [0.25, 0.3) is 5.91 Å². The van der Waals surface area contributed by atoms with E-state index < -0.39 is 11.8 Å². The minimum atomic E-state index is -0.915. The third kappa shape index (κ3) is 9.14. The molecule has 0 aromatic heterocycles.